The molecule has 0 aliphatic carbocycles. The van der Waals surface area contributed by atoms with Gasteiger partial charge >= 0.3 is 0 Å². The lowest BCUT2D eigenvalue weighted by molar-refractivity contribution is -0.383. The maximum absolute atomic E-state index is 12.4. The number of hydrogen-bond acceptors (Lipinski definition) is 4. The highest BCUT2D eigenvalue weighted by Crippen LogP contribution is 2.24. The minimum Gasteiger partial charge on any atom is -0.374 e. The summed E-state index contributed by atoms with van der Waals surface area (Å²) >= 11 is 0. The summed E-state index contributed by atoms with van der Waals surface area (Å²) in [6, 6.07) is 23.3. The number of benzene rings is 3. The summed E-state index contributed by atoms with van der Waals surface area (Å²) in [5, 5.41) is 16.8. The molecule has 0 bridgehead atoms. The van der Waals surface area contributed by atoms with Gasteiger partial charge in [-0.15, -0.1) is 0 Å². The molecule has 0 aromatic heterocycles. The van der Waals surface area contributed by atoms with Gasteiger partial charge in [0.25, 0.3) is 5.69 Å². The monoisotopic (exact) mass is 361 g/mol. The van der Waals surface area contributed by atoms with Gasteiger partial charge in [0.05, 0.1) is 4.92 Å². The molecular weight excluding hydrogens is 342 g/mol. The van der Waals surface area contributed by atoms with Crippen LogP contribution in [0.4, 0.5) is 17.1 Å². The Bertz CT molecular complexity index is 940. The van der Waals surface area contributed by atoms with Gasteiger partial charge in [-0.05, 0) is 36.2 Å². The van der Waals surface area contributed by atoms with E-state index in [2.05, 4.69) is 10.6 Å². The van der Waals surface area contributed by atoms with Crippen molar-refractivity contribution in [3.8, 4) is 11.1 Å². The Morgan fingerprint density at radius 2 is 1.48 bits per heavy atom. The van der Waals surface area contributed by atoms with Crippen LogP contribution >= 0.6 is 0 Å². The third kappa shape index (κ3) is 4.49. The number of anilines is 2. The Morgan fingerprint density at radius 1 is 0.889 bits per heavy atom. The highest BCUT2D eigenvalue weighted by atomic mass is 16.6. The summed E-state index contributed by atoms with van der Waals surface area (Å²) < 4.78 is 0. The highest BCUT2D eigenvalue weighted by molar-refractivity contribution is 5.98. The number of nitro benzene ring substituents is 1. The number of nitro groups is 1. The van der Waals surface area contributed by atoms with Gasteiger partial charge in [0.1, 0.15) is 11.7 Å². The van der Waals surface area contributed by atoms with Crippen LogP contribution in [0.3, 0.4) is 0 Å². The van der Waals surface area contributed by atoms with Crippen LogP contribution in [0, 0.1) is 10.1 Å². The van der Waals surface area contributed by atoms with Gasteiger partial charge in [0.15, 0.2) is 0 Å². The van der Waals surface area contributed by atoms with Gasteiger partial charge in [0, 0.05) is 11.8 Å². The van der Waals surface area contributed by atoms with Crippen LogP contribution in [0.5, 0.6) is 0 Å². The van der Waals surface area contributed by atoms with Crippen molar-refractivity contribution < 1.29 is 9.72 Å². The van der Waals surface area contributed by atoms with Crippen molar-refractivity contribution in [2.75, 3.05) is 10.6 Å². The Hall–Kier alpha value is -3.67. The van der Waals surface area contributed by atoms with E-state index < -0.39 is 11.0 Å². The topological polar surface area (TPSA) is 84.3 Å². The number of carbonyl (C=O) groups excluding carboxylic acids is 1. The van der Waals surface area contributed by atoms with E-state index in [4.69, 9.17) is 0 Å². The van der Waals surface area contributed by atoms with E-state index in [0.29, 0.717) is 0 Å². The first-order valence-electron chi connectivity index (χ1n) is 8.51. The standard InChI is InChI=1S/C21H19N3O3/c1-15(21(25)23-19-9-5-6-10-20(19)24(26)27)22-18-13-11-17(12-14-18)16-7-3-2-4-8-16/h2-15,22H,1H3,(H,23,25). The molecule has 0 radical (unpaired) electrons. The molecule has 0 aliphatic rings. The second-order valence-corrected chi connectivity index (χ2v) is 6.07. The van der Waals surface area contributed by atoms with Crippen LogP contribution in [-0.2, 0) is 4.79 Å². The summed E-state index contributed by atoms with van der Waals surface area (Å²) in [6.07, 6.45) is 0. The SMILES string of the molecule is CC(Nc1ccc(-c2ccccc2)cc1)C(=O)Nc1ccccc1[N+](=O)[O-]. The van der Waals surface area contributed by atoms with E-state index in [1.54, 1.807) is 19.1 Å². The van der Waals surface area contributed by atoms with Crippen molar-refractivity contribution in [1.82, 2.24) is 0 Å². The molecule has 1 unspecified atom stereocenters. The molecule has 27 heavy (non-hydrogen) atoms. The smallest absolute Gasteiger partial charge is 0.292 e. The zero-order chi connectivity index (χ0) is 19.2. The second kappa shape index (κ2) is 8.14. The molecule has 136 valence electrons. The molecule has 0 aliphatic heterocycles. The average Bonchev–Trinajstić information content (AvgIpc) is 2.69. The van der Waals surface area contributed by atoms with Gasteiger partial charge < -0.3 is 10.6 Å². The zero-order valence-corrected chi connectivity index (χ0v) is 14.8. The van der Waals surface area contributed by atoms with Crippen LogP contribution in [0.1, 0.15) is 6.92 Å². The van der Waals surface area contributed by atoms with E-state index in [1.165, 1.54) is 12.1 Å². The maximum atomic E-state index is 12.4. The molecule has 0 saturated heterocycles. The van der Waals surface area contributed by atoms with Crippen molar-refractivity contribution in [2.45, 2.75) is 13.0 Å². The van der Waals surface area contributed by atoms with E-state index in [9.17, 15) is 14.9 Å². The first-order valence-corrected chi connectivity index (χ1v) is 8.51. The van der Waals surface area contributed by atoms with Crippen molar-refractivity contribution in [3.63, 3.8) is 0 Å². The van der Waals surface area contributed by atoms with Gasteiger partial charge in [-0.2, -0.15) is 0 Å². The molecule has 0 fully saturated rings. The van der Waals surface area contributed by atoms with Gasteiger partial charge in [0.2, 0.25) is 5.91 Å². The predicted molar refractivity (Wildman–Crippen MR) is 107 cm³/mol. The third-order valence-electron chi connectivity index (χ3n) is 4.13. The minimum absolute atomic E-state index is 0.134. The molecule has 3 rings (SSSR count). The second-order valence-electron chi connectivity index (χ2n) is 6.07. The van der Waals surface area contributed by atoms with Crippen molar-refractivity contribution in [1.29, 1.82) is 0 Å². The van der Waals surface area contributed by atoms with E-state index in [-0.39, 0.29) is 17.3 Å². The van der Waals surface area contributed by atoms with Gasteiger partial charge in [-0.25, -0.2) is 0 Å². The van der Waals surface area contributed by atoms with Crippen molar-refractivity contribution in [3.05, 3.63) is 89.0 Å². The molecule has 1 atom stereocenters. The fourth-order valence-corrected chi connectivity index (χ4v) is 2.68. The lowest BCUT2D eigenvalue weighted by atomic mass is 10.1. The largest absolute Gasteiger partial charge is 0.374 e. The quantitative estimate of drug-likeness (QED) is 0.492. The molecule has 3 aromatic carbocycles. The van der Waals surface area contributed by atoms with E-state index in [0.717, 1.165) is 16.8 Å². The van der Waals surface area contributed by atoms with Crippen LogP contribution in [-0.4, -0.2) is 16.9 Å². The number of amides is 1. The number of para-hydroxylation sites is 2. The predicted octanol–water partition coefficient (Wildman–Crippen LogP) is 4.70. The van der Waals surface area contributed by atoms with Crippen LogP contribution in [0.15, 0.2) is 78.9 Å². The number of rotatable bonds is 6. The van der Waals surface area contributed by atoms with Gasteiger partial charge in [-0.3, -0.25) is 14.9 Å². The summed E-state index contributed by atoms with van der Waals surface area (Å²) in [5.74, 6) is -0.351. The molecule has 0 saturated carbocycles. The first-order chi connectivity index (χ1) is 13.0. The Morgan fingerprint density at radius 3 is 2.15 bits per heavy atom. The maximum Gasteiger partial charge on any atom is 0.292 e. The normalized spacial score (nSPS) is 11.4. The highest BCUT2D eigenvalue weighted by Gasteiger charge is 2.18. The summed E-state index contributed by atoms with van der Waals surface area (Å²) in [5.41, 5.74) is 3.04. The molecule has 3 aromatic rings. The fraction of sp³-hybridized carbons (Fsp3) is 0.0952. The van der Waals surface area contributed by atoms with Crippen LogP contribution in [0.2, 0.25) is 0 Å². The molecule has 6 nitrogen and oxygen atoms in total. The lowest BCUT2D eigenvalue weighted by Crippen LogP contribution is -2.32. The fourth-order valence-electron chi connectivity index (χ4n) is 2.68. The summed E-state index contributed by atoms with van der Waals surface area (Å²) in [6.45, 7) is 1.70. The summed E-state index contributed by atoms with van der Waals surface area (Å²) in [4.78, 5) is 22.9. The summed E-state index contributed by atoms with van der Waals surface area (Å²) in [7, 11) is 0. The number of nitrogens with zero attached hydrogens (tertiary/aromatic N) is 1. The molecular formula is C21H19N3O3. The van der Waals surface area contributed by atoms with Crippen molar-refractivity contribution >= 4 is 23.0 Å². The molecule has 2 N–H and O–H groups in total. The molecule has 1 amide bonds. The van der Waals surface area contributed by atoms with Gasteiger partial charge in [-0.1, -0.05) is 54.6 Å². The average molecular weight is 361 g/mol. The van der Waals surface area contributed by atoms with Crippen molar-refractivity contribution in [2.24, 2.45) is 0 Å². The number of nitrogens with one attached hydrogen (secondary N) is 2. The lowest BCUT2D eigenvalue weighted by Gasteiger charge is -2.15. The van der Waals surface area contributed by atoms with Crippen LogP contribution in [0.25, 0.3) is 11.1 Å². The molecule has 0 heterocycles. The minimum atomic E-state index is -0.563. The van der Waals surface area contributed by atoms with E-state index in [1.807, 2.05) is 54.6 Å². The Balaban J connectivity index is 1.66. The van der Waals surface area contributed by atoms with E-state index >= 15 is 0 Å². The molecule has 6 heteroatoms. The Labute approximate surface area is 157 Å². The number of hydrogen-bond donors (Lipinski definition) is 2. The van der Waals surface area contributed by atoms with Crippen LogP contribution < -0.4 is 10.6 Å². The Kier molecular flexibility index (Phi) is 5.47. The zero-order valence-electron chi connectivity index (χ0n) is 14.8. The first kappa shape index (κ1) is 18.1. The molecule has 0 spiro atoms. The third-order valence-corrected chi connectivity index (χ3v) is 4.13. The number of carbonyl (C=O) groups is 1.